The van der Waals surface area contributed by atoms with Gasteiger partial charge in [0.1, 0.15) is 10.6 Å². The van der Waals surface area contributed by atoms with Crippen LogP contribution >= 0.6 is 11.3 Å². The number of fused-ring (bicyclic) bond motifs is 2. The molecule has 0 radical (unpaired) electrons. The minimum Gasteiger partial charge on any atom is -0.479 e. The minimum atomic E-state index is -0.780. The van der Waals surface area contributed by atoms with Crippen molar-refractivity contribution in [2.24, 2.45) is 0 Å². The molecule has 2 unspecified atom stereocenters. The van der Waals surface area contributed by atoms with E-state index in [1.54, 1.807) is 39.1 Å². The lowest BCUT2D eigenvalue weighted by Gasteiger charge is -2.30. The summed E-state index contributed by atoms with van der Waals surface area (Å²) in [4.78, 5) is 45.9. The van der Waals surface area contributed by atoms with Crippen molar-refractivity contribution < 1.29 is 14.3 Å². The third-order valence-corrected chi connectivity index (χ3v) is 7.46. The van der Waals surface area contributed by atoms with Gasteiger partial charge < -0.3 is 9.64 Å². The highest BCUT2D eigenvalue weighted by Crippen LogP contribution is 2.35. The molecule has 1 aliphatic rings. The fourth-order valence-electron chi connectivity index (χ4n) is 4.39. The van der Waals surface area contributed by atoms with Crippen LogP contribution in [0.15, 0.2) is 59.0 Å². The molecule has 1 aliphatic heterocycles. The second kappa shape index (κ2) is 8.78. The maximum absolute atomic E-state index is 13.6. The Morgan fingerprint density at radius 1 is 1.17 bits per heavy atom. The zero-order valence-corrected chi connectivity index (χ0v) is 20.8. The first-order valence-electron chi connectivity index (χ1n) is 11.5. The number of ketones is 1. The van der Waals surface area contributed by atoms with Crippen molar-refractivity contribution >= 4 is 38.9 Å². The summed E-state index contributed by atoms with van der Waals surface area (Å²) in [5.41, 5.74) is 3.65. The summed E-state index contributed by atoms with van der Waals surface area (Å²) in [5, 5.41) is 2.45. The SMILES string of the molecule is CCc1ccc(-c2csc3ncn(C(C)C(=O)c4ccc5c(c4)N(C)C(=O)C(C)O5)c(=O)c23)cc1. The summed E-state index contributed by atoms with van der Waals surface area (Å²) in [7, 11) is 1.66. The first-order chi connectivity index (χ1) is 16.8. The van der Waals surface area contributed by atoms with Crippen LogP contribution in [0.5, 0.6) is 5.75 Å². The number of rotatable bonds is 5. The number of nitrogens with zero attached hydrogens (tertiary/aromatic N) is 3. The Balaban J connectivity index is 1.52. The minimum absolute atomic E-state index is 0.182. The van der Waals surface area contributed by atoms with Gasteiger partial charge in [-0.2, -0.15) is 0 Å². The molecule has 0 bridgehead atoms. The van der Waals surface area contributed by atoms with Gasteiger partial charge in [0.25, 0.3) is 11.5 Å². The number of Topliss-reactive ketones (excluding diaryl/α,β-unsaturated/α-hetero) is 1. The lowest BCUT2D eigenvalue weighted by molar-refractivity contribution is -0.125. The van der Waals surface area contributed by atoms with Crippen LogP contribution in [0.3, 0.4) is 0 Å². The van der Waals surface area contributed by atoms with E-state index in [0.29, 0.717) is 27.2 Å². The number of anilines is 1. The number of amides is 1. The Kier molecular flexibility index (Phi) is 5.76. The van der Waals surface area contributed by atoms with Crippen LogP contribution in [-0.4, -0.2) is 34.4 Å². The summed E-state index contributed by atoms with van der Waals surface area (Å²) < 4.78 is 7.04. The van der Waals surface area contributed by atoms with E-state index in [1.807, 2.05) is 17.5 Å². The maximum Gasteiger partial charge on any atom is 0.267 e. The second-order valence-electron chi connectivity index (χ2n) is 8.72. The molecule has 4 aromatic rings. The van der Waals surface area contributed by atoms with Gasteiger partial charge in [-0.1, -0.05) is 31.2 Å². The summed E-state index contributed by atoms with van der Waals surface area (Å²) in [5.74, 6) is 0.110. The third kappa shape index (κ3) is 3.83. The molecule has 8 heteroatoms. The lowest BCUT2D eigenvalue weighted by atomic mass is 10.0. The maximum atomic E-state index is 13.6. The van der Waals surface area contributed by atoms with Gasteiger partial charge in [-0.25, -0.2) is 4.98 Å². The van der Waals surface area contributed by atoms with Crippen LogP contribution in [0.1, 0.15) is 42.7 Å². The molecule has 35 heavy (non-hydrogen) atoms. The van der Waals surface area contributed by atoms with Gasteiger partial charge in [-0.05, 0) is 49.6 Å². The van der Waals surface area contributed by atoms with Crippen LogP contribution in [0.25, 0.3) is 21.3 Å². The highest BCUT2D eigenvalue weighted by Gasteiger charge is 2.30. The van der Waals surface area contributed by atoms with Crippen LogP contribution < -0.4 is 15.2 Å². The summed E-state index contributed by atoms with van der Waals surface area (Å²) in [6.07, 6.45) is 1.80. The molecule has 0 spiro atoms. The van der Waals surface area contributed by atoms with Gasteiger partial charge >= 0.3 is 0 Å². The molecule has 0 aliphatic carbocycles. The highest BCUT2D eigenvalue weighted by molar-refractivity contribution is 7.17. The van der Waals surface area contributed by atoms with E-state index in [-0.39, 0.29) is 17.2 Å². The molecule has 0 saturated heterocycles. The number of benzene rings is 2. The zero-order chi connectivity index (χ0) is 24.9. The van der Waals surface area contributed by atoms with Gasteiger partial charge in [0, 0.05) is 23.6 Å². The second-order valence-corrected chi connectivity index (χ2v) is 9.58. The fourth-order valence-corrected chi connectivity index (χ4v) is 5.29. The molecule has 2 aromatic carbocycles. The van der Waals surface area contributed by atoms with Gasteiger partial charge in [0.05, 0.1) is 23.4 Å². The molecule has 3 heterocycles. The van der Waals surface area contributed by atoms with Crippen molar-refractivity contribution in [2.75, 3.05) is 11.9 Å². The molecular formula is C27H25N3O4S. The van der Waals surface area contributed by atoms with E-state index < -0.39 is 12.1 Å². The Labute approximate surface area is 206 Å². The number of carbonyl (C=O) groups is 2. The van der Waals surface area contributed by atoms with E-state index in [0.717, 1.165) is 17.5 Å². The van der Waals surface area contributed by atoms with E-state index in [4.69, 9.17) is 4.74 Å². The predicted molar refractivity (Wildman–Crippen MR) is 138 cm³/mol. The molecule has 178 valence electrons. The smallest absolute Gasteiger partial charge is 0.267 e. The number of likely N-dealkylation sites (N-methyl/N-ethyl adjacent to an activating group) is 1. The molecular weight excluding hydrogens is 462 g/mol. The third-order valence-electron chi connectivity index (χ3n) is 6.58. The number of aromatic nitrogens is 2. The van der Waals surface area contributed by atoms with E-state index in [9.17, 15) is 14.4 Å². The van der Waals surface area contributed by atoms with Crippen molar-refractivity contribution in [1.82, 2.24) is 9.55 Å². The Morgan fingerprint density at radius 2 is 1.91 bits per heavy atom. The Hall–Kier alpha value is -3.78. The van der Waals surface area contributed by atoms with Crippen molar-refractivity contribution in [2.45, 2.75) is 39.3 Å². The Morgan fingerprint density at radius 3 is 2.63 bits per heavy atom. The molecule has 2 atom stereocenters. The van der Waals surface area contributed by atoms with Crippen molar-refractivity contribution in [3.05, 3.63) is 75.7 Å². The number of aryl methyl sites for hydroxylation is 1. The summed E-state index contributed by atoms with van der Waals surface area (Å²) in [6.45, 7) is 5.48. The van der Waals surface area contributed by atoms with E-state index in [1.165, 1.54) is 32.7 Å². The average molecular weight is 488 g/mol. The first-order valence-corrected chi connectivity index (χ1v) is 12.4. The van der Waals surface area contributed by atoms with Gasteiger partial charge in [0.2, 0.25) is 0 Å². The van der Waals surface area contributed by atoms with Crippen molar-refractivity contribution in [3.8, 4) is 16.9 Å². The van der Waals surface area contributed by atoms with Crippen LogP contribution in [-0.2, 0) is 11.2 Å². The van der Waals surface area contributed by atoms with E-state index in [2.05, 4.69) is 24.0 Å². The number of hydrogen-bond acceptors (Lipinski definition) is 6. The Bertz CT molecular complexity index is 1520. The first kappa shape index (κ1) is 23.0. The fraction of sp³-hybridized carbons (Fsp3) is 0.259. The predicted octanol–water partition coefficient (Wildman–Crippen LogP) is 4.88. The van der Waals surface area contributed by atoms with Gasteiger partial charge in [-0.3, -0.25) is 19.0 Å². The summed E-state index contributed by atoms with van der Waals surface area (Å²) in [6, 6.07) is 12.4. The topological polar surface area (TPSA) is 81.5 Å². The number of carbonyl (C=O) groups excluding carboxylic acids is 2. The zero-order valence-electron chi connectivity index (χ0n) is 19.9. The highest BCUT2D eigenvalue weighted by atomic mass is 32.1. The normalized spacial score (nSPS) is 16.2. The number of hydrogen-bond donors (Lipinski definition) is 0. The molecule has 7 nitrogen and oxygen atoms in total. The monoisotopic (exact) mass is 487 g/mol. The molecule has 0 N–H and O–H groups in total. The molecule has 0 fully saturated rings. The van der Waals surface area contributed by atoms with Gasteiger partial charge in [0.15, 0.2) is 11.9 Å². The molecule has 2 aromatic heterocycles. The van der Waals surface area contributed by atoms with Crippen LogP contribution in [0.2, 0.25) is 0 Å². The van der Waals surface area contributed by atoms with E-state index >= 15 is 0 Å². The average Bonchev–Trinajstić information content (AvgIpc) is 3.32. The largest absolute Gasteiger partial charge is 0.479 e. The van der Waals surface area contributed by atoms with Crippen molar-refractivity contribution in [1.29, 1.82) is 0 Å². The van der Waals surface area contributed by atoms with Gasteiger partial charge in [-0.15, -0.1) is 11.3 Å². The van der Waals surface area contributed by atoms with Crippen LogP contribution in [0, 0.1) is 0 Å². The number of ether oxygens (including phenoxy) is 1. The summed E-state index contributed by atoms with van der Waals surface area (Å²) >= 11 is 1.41. The standard InChI is InChI=1S/C27H25N3O4S/c1-5-17-6-8-18(9-7-17)20-13-35-25-23(20)27(33)30(14-28-25)15(2)24(31)19-10-11-22-21(12-19)29(4)26(32)16(3)34-22/h6-16H,5H2,1-4H3. The lowest BCUT2D eigenvalue weighted by Crippen LogP contribution is -2.42. The quantitative estimate of drug-likeness (QED) is 0.375. The van der Waals surface area contributed by atoms with Crippen molar-refractivity contribution in [3.63, 3.8) is 0 Å². The molecule has 5 rings (SSSR count). The van der Waals surface area contributed by atoms with Crippen LogP contribution in [0.4, 0.5) is 5.69 Å². The molecule has 1 amide bonds. The number of thiophene rings is 1. The molecule has 0 saturated carbocycles.